The molecule has 2 N–H and O–H groups in total. The van der Waals surface area contributed by atoms with Gasteiger partial charge in [0.15, 0.2) is 0 Å². The average molecular weight is 433 g/mol. The molecular formula is C25H36O6. The molecule has 0 aromatic carbocycles. The lowest BCUT2D eigenvalue weighted by molar-refractivity contribution is -0.183. The van der Waals surface area contributed by atoms with Crippen molar-refractivity contribution in [3.8, 4) is 0 Å². The van der Waals surface area contributed by atoms with Gasteiger partial charge in [-0.3, -0.25) is 0 Å². The summed E-state index contributed by atoms with van der Waals surface area (Å²) in [7, 11) is 0. The van der Waals surface area contributed by atoms with Gasteiger partial charge in [-0.15, -0.1) is 0 Å². The van der Waals surface area contributed by atoms with Crippen molar-refractivity contribution in [2.75, 3.05) is 0 Å². The lowest BCUT2D eigenvalue weighted by Gasteiger charge is -2.23. The number of hydrogen-bond acceptors (Lipinski definition) is 6. The van der Waals surface area contributed by atoms with Gasteiger partial charge in [0.25, 0.3) is 0 Å². The van der Waals surface area contributed by atoms with Crippen molar-refractivity contribution in [3.63, 3.8) is 0 Å². The number of esters is 2. The third kappa shape index (κ3) is 8.46. The zero-order valence-electron chi connectivity index (χ0n) is 19.1. The fraction of sp³-hybridized carbons (Fsp3) is 0.600. The van der Waals surface area contributed by atoms with Crippen LogP contribution >= 0.6 is 0 Å². The molecule has 172 valence electrons. The molecule has 0 aromatic heterocycles. The SMILES string of the molecule is CC1=CC(O)(C[C@H](C)CCC/C(C)=C/CC/C(C)=C/CCC2=CC(O)OC2=O)OC1=O. The van der Waals surface area contributed by atoms with Crippen molar-refractivity contribution < 1.29 is 29.3 Å². The zero-order valence-corrected chi connectivity index (χ0v) is 19.1. The summed E-state index contributed by atoms with van der Waals surface area (Å²) in [6, 6.07) is 0. The van der Waals surface area contributed by atoms with Crippen LogP contribution in [-0.2, 0) is 19.1 Å². The van der Waals surface area contributed by atoms with Gasteiger partial charge in [0.2, 0.25) is 12.1 Å². The van der Waals surface area contributed by atoms with Crippen molar-refractivity contribution in [1.82, 2.24) is 0 Å². The number of carbonyl (C=O) groups excluding carboxylic acids is 2. The predicted octanol–water partition coefficient (Wildman–Crippen LogP) is 4.63. The molecule has 2 aliphatic heterocycles. The normalized spacial score (nSPS) is 25.3. The molecule has 0 fully saturated rings. The van der Waals surface area contributed by atoms with Gasteiger partial charge in [-0.2, -0.15) is 0 Å². The van der Waals surface area contributed by atoms with E-state index in [-0.39, 0.29) is 5.92 Å². The second kappa shape index (κ2) is 11.4. The molecule has 2 rings (SSSR count). The molecule has 6 nitrogen and oxygen atoms in total. The lowest BCUT2D eigenvalue weighted by atomic mass is 9.94. The Bertz CT molecular complexity index is 788. The first-order valence-electron chi connectivity index (χ1n) is 11.1. The summed E-state index contributed by atoms with van der Waals surface area (Å²) in [6.45, 7) is 7.97. The van der Waals surface area contributed by atoms with Crippen LogP contribution in [0.5, 0.6) is 0 Å². The molecule has 0 saturated heterocycles. The molecule has 2 aliphatic rings. The van der Waals surface area contributed by atoms with Gasteiger partial charge in [0.05, 0.1) is 0 Å². The summed E-state index contributed by atoms with van der Waals surface area (Å²) in [4.78, 5) is 22.9. The summed E-state index contributed by atoms with van der Waals surface area (Å²) in [5, 5.41) is 19.6. The topological polar surface area (TPSA) is 93.1 Å². The highest BCUT2D eigenvalue weighted by molar-refractivity contribution is 5.91. The number of aliphatic hydroxyl groups excluding tert-OH is 1. The Balaban J connectivity index is 1.61. The minimum Gasteiger partial charge on any atom is -0.429 e. The standard InChI is InChI=1S/C25H36O6/c1-17(10-6-12-19(3)15-25(29)16-20(4)23(27)31-25)8-5-9-18(2)11-7-13-21-14-22(26)30-24(21)28/h8,11,14,16,19,22,26,29H,5-7,9-10,12-13,15H2,1-4H3/b17-8+,18-11+/t19-,22?,25?/m1/s1. The molecule has 31 heavy (non-hydrogen) atoms. The number of hydrogen-bond donors (Lipinski definition) is 2. The quantitative estimate of drug-likeness (QED) is 0.345. The molecule has 3 atom stereocenters. The van der Waals surface area contributed by atoms with Crippen LogP contribution < -0.4 is 0 Å². The van der Waals surface area contributed by atoms with E-state index in [4.69, 9.17) is 4.74 Å². The largest absolute Gasteiger partial charge is 0.429 e. The van der Waals surface area contributed by atoms with Gasteiger partial charge in [-0.25, -0.2) is 9.59 Å². The lowest BCUT2D eigenvalue weighted by Crippen LogP contribution is -2.30. The van der Waals surface area contributed by atoms with Crippen LogP contribution in [0.25, 0.3) is 0 Å². The smallest absolute Gasteiger partial charge is 0.336 e. The fourth-order valence-corrected chi connectivity index (χ4v) is 3.97. The monoisotopic (exact) mass is 432 g/mol. The van der Waals surface area contributed by atoms with Gasteiger partial charge in [-0.05, 0) is 77.4 Å². The Hall–Kier alpha value is -2.18. The van der Waals surface area contributed by atoms with Gasteiger partial charge in [0, 0.05) is 17.6 Å². The van der Waals surface area contributed by atoms with Gasteiger partial charge < -0.3 is 19.7 Å². The summed E-state index contributed by atoms with van der Waals surface area (Å²) in [5.74, 6) is -2.04. The molecule has 0 amide bonds. The van der Waals surface area contributed by atoms with E-state index in [2.05, 4.69) is 37.7 Å². The molecule has 0 spiro atoms. The van der Waals surface area contributed by atoms with Crippen LogP contribution in [-0.4, -0.2) is 34.2 Å². The Morgan fingerprint density at radius 3 is 2.45 bits per heavy atom. The number of cyclic esters (lactones) is 2. The molecule has 0 aliphatic carbocycles. The molecule has 2 heterocycles. The van der Waals surface area contributed by atoms with Crippen molar-refractivity contribution in [1.29, 1.82) is 0 Å². The van der Waals surface area contributed by atoms with E-state index in [0.29, 0.717) is 24.0 Å². The third-order valence-corrected chi connectivity index (χ3v) is 5.71. The van der Waals surface area contributed by atoms with Crippen LogP contribution in [0.1, 0.15) is 79.1 Å². The summed E-state index contributed by atoms with van der Waals surface area (Å²) >= 11 is 0. The van der Waals surface area contributed by atoms with Gasteiger partial charge in [-0.1, -0.05) is 36.6 Å². The maximum Gasteiger partial charge on any atom is 0.336 e. The van der Waals surface area contributed by atoms with Crippen molar-refractivity contribution >= 4 is 11.9 Å². The fourth-order valence-electron chi connectivity index (χ4n) is 3.97. The van der Waals surface area contributed by atoms with E-state index in [1.807, 2.05) is 0 Å². The van der Waals surface area contributed by atoms with Crippen molar-refractivity contribution in [3.05, 3.63) is 46.6 Å². The van der Waals surface area contributed by atoms with E-state index >= 15 is 0 Å². The first-order valence-corrected chi connectivity index (χ1v) is 11.1. The van der Waals surface area contributed by atoms with Crippen LogP contribution in [0.4, 0.5) is 0 Å². The highest BCUT2D eigenvalue weighted by Crippen LogP contribution is 2.30. The summed E-state index contributed by atoms with van der Waals surface area (Å²) < 4.78 is 9.75. The second-order valence-electron chi connectivity index (χ2n) is 8.93. The van der Waals surface area contributed by atoms with E-state index in [9.17, 15) is 19.8 Å². The van der Waals surface area contributed by atoms with Crippen LogP contribution in [0.15, 0.2) is 46.6 Å². The Morgan fingerprint density at radius 2 is 1.84 bits per heavy atom. The number of rotatable bonds is 12. The number of aliphatic hydroxyl groups is 2. The van der Waals surface area contributed by atoms with Gasteiger partial charge >= 0.3 is 11.9 Å². The Labute approximate surface area is 185 Å². The number of allylic oxidation sites excluding steroid dienone is 4. The van der Waals surface area contributed by atoms with Crippen LogP contribution in [0.3, 0.4) is 0 Å². The average Bonchev–Trinajstić information content (AvgIpc) is 3.11. The second-order valence-corrected chi connectivity index (χ2v) is 8.93. The number of ether oxygens (including phenoxy) is 2. The van der Waals surface area contributed by atoms with E-state index < -0.39 is 24.0 Å². The first-order chi connectivity index (χ1) is 14.6. The van der Waals surface area contributed by atoms with E-state index in [0.717, 1.165) is 38.5 Å². The zero-order chi connectivity index (χ0) is 23.0. The van der Waals surface area contributed by atoms with Crippen LogP contribution in [0.2, 0.25) is 0 Å². The summed E-state index contributed by atoms with van der Waals surface area (Å²) in [5.41, 5.74) is 3.66. The third-order valence-electron chi connectivity index (χ3n) is 5.71. The van der Waals surface area contributed by atoms with Crippen LogP contribution in [0, 0.1) is 5.92 Å². The Kier molecular flexibility index (Phi) is 9.26. The minimum absolute atomic E-state index is 0.256. The first kappa shape index (κ1) is 25.1. The number of carbonyl (C=O) groups is 2. The molecule has 0 aromatic rings. The highest BCUT2D eigenvalue weighted by Gasteiger charge is 2.37. The summed E-state index contributed by atoms with van der Waals surface area (Å²) in [6.07, 6.45) is 13.0. The van der Waals surface area contributed by atoms with E-state index in [1.54, 1.807) is 6.92 Å². The highest BCUT2D eigenvalue weighted by atomic mass is 16.7. The maximum atomic E-state index is 11.5. The molecule has 0 bridgehead atoms. The Morgan fingerprint density at radius 1 is 1.16 bits per heavy atom. The predicted molar refractivity (Wildman–Crippen MR) is 119 cm³/mol. The van der Waals surface area contributed by atoms with E-state index in [1.165, 1.54) is 23.3 Å². The molecule has 0 saturated carbocycles. The maximum absolute atomic E-state index is 11.5. The minimum atomic E-state index is -1.44. The van der Waals surface area contributed by atoms with Crippen molar-refractivity contribution in [2.24, 2.45) is 5.92 Å². The molecule has 6 heteroatoms. The van der Waals surface area contributed by atoms with Crippen molar-refractivity contribution in [2.45, 2.75) is 91.1 Å². The molecule has 0 radical (unpaired) electrons. The van der Waals surface area contributed by atoms with Gasteiger partial charge in [0.1, 0.15) is 0 Å². The molecule has 2 unspecified atom stereocenters. The molecular weight excluding hydrogens is 396 g/mol.